The number of hydrogen-bond acceptors (Lipinski definition) is 4. The number of nitrogens with zero attached hydrogens (tertiary/aromatic N) is 3. The van der Waals surface area contributed by atoms with E-state index in [9.17, 15) is 9.59 Å². The van der Waals surface area contributed by atoms with E-state index in [0.29, 0.717) is 29.8 Å². The molecule has 0 aliphatic carbocycles. The van der Waals surface area contributed by atoms with Crippen LogP contribution in [0.1, 0.15) is 11.4 Å². The van der Waals surface area contributed by atoms with Gasteiger partial charge in [-0.05, 0) is 41.6 Å². The number of primary amides is 1. The normalized spacial score (nSPS) is 11.4. The highest BCUT2D eigenvalue weighted by atomic mass is 16.2. The van der Waals surface area contributed by atoms with Gasteiger partial charge in [0.1, 0.15) is 12.4 Å². The van der Waals surface area contributed by atoms with Crippen molar-refractivity contribution in [1.82, 2.24) is 14.5 Å². The number of benzene rings is 3. The van der Waals surface area contributed by atoms with Gasteiger partial charge in [0, 0.05) is 6.54 Å². The standard InChI is InChI=1S/C23H22N4O2/c1-26(13-16-10-11-17-6-2-3-7-18(17)12-16)15-22-25-20-9-5-4-8-19(20)23(29)27(22)14-21(24)28/h2-12H,13-15H2,1H3,(H2,24,28). The van der Waals surface area contributed by atoms with E-state index in [1.54, 1.807) is 18.2 Å². The Morgan fingerprint density at radius 2 is 1.72 bits per heavy atom. The van der Waals surface area contributed by atoms with E-state index in [4.69, 9.17) is 5.73 Å². The zero-order valence-corrected chi connectivity index (χ0v) is 16.2. The lowest BCUT2D eigenvalue weighted by molar-refractivity contribution is -0.118. The topological polar surface area (TPSA) is 81.2 Å². The second kappa shape index (κ2) is 7.85. The fraction of sp³-hybridized carbons (Fsp3) is 0.174. The van der Waals surface area contributed by atoms with Gasteiger partial charge >= 0.3 is 0 Å². The van der Waals surface area contributed by atoms with E-state index in [-0.39, 0.29) is 12.1 Å². The first kappa shape index (κ1) is 18.8. The summed E-state index contributed by atoms with van der Waals surface area (Å²) in [5.74, 6) is -0.0431. The molecule has 2 N–H and O–H groups in total. The summed E-state index contributed by atoms with van der Waals surface area (Å²) < 4.78 is 1.38. The highest BCUT2D eigenvalue weighted by molar-refractivity contribution is 5.83. The molecule has 0 fully saturated rings. The Morgan fingerprint density at radius 1 is 1.00 bits per heavy atom. The van der Waals surface area contributed by atoms with Crippen molar-refractivity contribution in [2.24, 2.45) is 5.73 Å². The predicted octanol–water partition coefficient (Wildman–Crippen LogP) is 2.67. The maximum Gasteiger partial charge on any atom is 0.261 e. The maximum absolute atomic E-state index is 12.9. The molecule has 29 heavy (non-hydrogen) atoms. The minimum Gasteiger partial charge on any atom is -0.368 e. The van der Waals surface area contributed by atoms with E-state index in [1.807, 2.05) is 25.2 Å². The van der Waals surface area contributed by atoms with E-state index in [1.165, 1.54) is 15.3 Å². The first-order chi connectivity index (χ1) is 14.0. The summed E-state index contributed by atoms with van der Waals surface area (Å²) in [4.78, 5) is 31.1. The Hall–Kier alpha value is -3.51. The maximum atomic E-state index is 12.9. The molecule has 0 radical (unpaired) electrons. The zero-order chi connectivity index (χ0) is 20.4. The highest BCUT2D eigenvalue weighted by Gasteiger charge is 2.14. The summed E-state index contributed by atoms with van der Waals surface area (Å²) in [5.41, 5.74) is 6.91. The Kier molecular flexibility index (Phi) is 5.10. The van der Waals surface area contributed by atoms with Crippen LogP contribution in [-0.4, -0.2) is 27.4 Å². The molecule has 4 aromatic rings. The lowest BCUT2D eigenvalue weighted by Crippen LogP contribution is -2.33. The number of amides is 1. The number of rotatable bonds is 6. The van der Waals surface area contributed by atoms with Crippen LogP contribution >= 0.6 is 0 Å². The lowest BCUT2D eigenvalue weighted by atomic mass is 10.1. The zero-order valence-electron chi connectivity index (χ0n) is 16.2. The molecule has 146 valence electrons. The highest BCUT2D eigenvalue weighted by Crippen LogP contribution is 2.17. The van der Waals surface area contributed by atoms with E-state index >= 15 is 0 Å². The van der Waals surface area contributed by atoms with Crippen LogP contribution in [0.15, 0.2) is 71.5 Å². The van der Waals surface area contributed by atoms with Crippen LogP contribution in [0, 0.1) is 0 Å². The molecule has 0 atom stereocenters. The molecule has 4 rings (SSSR count). The summed E-state index contributed by atoms with van der Waals surface area (Å²) in [6, 6.07) is 21.7. The fourth-order valence-electron chi connectivity index (χ4n) is 3.60. The van der Waals surface area contributed by atoms with Gasteiger partial charge in [-0.3, -0.25) is 19.1 Å². The molecule has 0 saturated carbocycles. The number of carbonyl (C=O) groups excluding carboxylic acids is 1. The van der Waals surface area contributed by atoms with Crippen LogP contribution in [0.3, 0.4) is 0 Å². The Labute approximate surface area is 168 Å². The summed E-state index contributed by atoms with van der Waals surface area (Å²) in [6.07, 6.45) is 0. The lowest BCUT2D eigenvalue weighted by Gasteiger charge is -2.19. The quantitative estimate of drug-likeness (QED) is 0.552. The Morgan fingerprint density at radius 3 is 2.52 bits per heavy atom. The molecule has 0 bridgehead atoms. The van der Waals surface area contributed by atoms with E-state index < -0.39 is 5.91 Å². The van der Waals surface area contributed by atoms with Crippen LogP contribution in [0.2, 0.25) is 0 Å². The summed E-state index contributed by atoms with van der Waals surface area (Å²) in [5, 5.41) is 2.87. The van der Waals surface area contributed by atoms with Crippen LogP contribution in [0.25, 0.3) is 21.7 Å². The van der Waals surface area contributed by atoms with Crippen molar-refractivity contribution in [3.8, 4) is 0 Å². The third-order valence-corrected chi connectivity index (χ3v) is 4.93. The minimum absolute atomic E-state index is 0.185. The largest absolute Gasteiger partial charge is 0.368 e. The van der Waals surface area contributed by atoms with Gasteiger partial charge in [0.2, 0.25) is 5.91 Å². The van der Waals surface area contributed by atoms with Crippen LogP contribution in [-0.2, 0) is 24.4 Å². The monoisotopic (exact) mass is 386 g/mol. The number of para-hydroxylation sites is 1. The smallest absolute Gasteiger partial charge is 0.261 e. The van der Waals surface area contributed by atoms with Crippen molar-refractivity contribution < 1.29 is 4.79 Å². The van der Waals surface area contributed by atoms with Gasteiger partial charge in [-0.2, -0.15) is 0 Å². The van der Waals surface area contributed by atoms with Crippen molar-refractivity contribution in [1.29, 1.82) is 0 Å². The van der Waals surface area contributed by atoms with Gasteiger partial charge < -0.3 is 5.73 Å². The van der Waals surface area contributed by atoms with Crippen molar-refractivity contribution in [3.05, 3.63) is 88.5 Å². The van der Waals surface area contributed by atoms with Crippen molar-refractivity contribution in [2.75, 3.05) is 7.05 Å². The van der Waals surface area contributed by atoms with E-state index in [0.717, 1.165) is 5.56 Å². The molecular formula is C23H22N4O2. The number of aromatic nitrogens is 2. The first-order valence-corrected chi connectivity index (χ1v) is 9.44. The number of hydrogen-bond donors (Lipinski definition) is 1. The van der Waals surface area contributed by atoms with Gasteiger partial charge in [-0.1, -0.05) is 48.5 Å². The molecule has 3 aromatic carbocycles. The summed E-state index contributed by atoms with van der Waals surface area (Å²) in [7, 11) is 1.96. The number of carbonyl (C=O) groups is 1. The Bertz CT molecular complexity index is 1260. The predicted molar refractivity (Wildman–Crippen MR) is 114 cm³/mol. The summed E-state index contributed by atoms with van der Waals surface area (Å²) >= 11 is 0. The molecule has 6 heteroatoms. The minimum atomic E-state index is -0.567. The molecule has 0 aliphatic heterocycles. The average Bonchev–Trinajstić information content (AvgIpc) is 2.70. The fourth-order valence-corrected chi connectivity index (χ4v) is 3.60. The molecule has 1 amide bonds. The molecule has 1 heterocycles. The van der Waals surface area contributed by atoms with Gasteiger partial charge in [0.05, 0.1) is 17.4 Å². The second-order valence-corrected chi connectivity index (χ2v) is 7.26. The molecule has 0 spiro atoms. The number of nitrogens with two attached hydrogens (primary N) is 1. The Balaban J connectivity index is 1.64. The molecule has 0 unspecified atom stereocenters. The van der Waals surface area contributed by atoms with Crippen LogP contribution in [0.4, 0.5) is 0 Å². The van der Waals surface area contributed by atoms with Gasteiger partial charge in [0.15, 0.2) is 0 Å². The van der Waals surface area contributed by atoms with Crippen molar-refractivity contribution in [3.63, 3.8) is 0 Å². The first-order valence-electron chi connectivity index (χ1n) is 9.44. The summed E-state index contributed by atoms with van der Waals surface area (Å²) in [6.45, 7) is 0.917. The molecule has 0 aliphatic rings. The van der Waals surface area contributed by atoms with Crippen molar-refractivity contribution >= 4 is 27.6 Å². The van der Waals surface area contributed by atoms with Crippen LogP contribution in [0.5, 0.6) is 0 Å². The third-order valence-electron chi connectivity index (χ3n) is 4.93. The SMILES string of the molecule is CN(Cc1ccc2ccccc2c1)Cc1nc2ccccc2c(=O)n1CC(N)=O. The van der Waals surface area contributed by atoms with E-state index in [2.05, 4.69) is 40.2 Å². The molecule has 6 nitrogen and oxygen atoms in total. The van der Waals surface area contributed by atoms with Gasteiger partial charge in [-0.15, -0.1) is 0 Å². The average molecular weight is 386 g/mol. The van der Waals surface area contributed by atoms with Crippen molar-refractivity contribution in [2.45, 2.75) is 19.6 Å². The second-order valence-electron chi connectivity index (χ2n) is 7.26. The third kappa shape index (κ3) is 4.02. The molecule has 0 saturated heterocycles. The molecule has 1 aromatic heterocycles. The molecular weight excluding hydrogens is 364 g/mol. The number of fused-ring (bicyclic) bond motifs is 2. The van der Waals surface area contributed by atoms with Crippen LogP contribution < -0.4 is 11.3 Å². The van der Waals surface area contributed by atoms with Gasteiger partial charge in [-0.25, -0.2) is 4.98 Å². The van der Waals surface area contributed by atoms with Gasteiger partial charge in [0.25, 0.3) is 5.56 Å².